The number of methoxy groups -OCH3 is 2. The van der Waals surface area contributed by atoms with E-state index in [0.29, 0.717) is 6.54 Å². The van der Waals surface area contributed by atoms with Crippen LogP contribution in [0.4, 0.5) is 0 Å². The lowest BCUT2D eigenvalue weighted by molar-refractivity contribution is -0.121. The van der Waals surface area contributed by atoms with Crippen molar-refractivity contribution in [1.29, 1.82) is 0 Å². The molecule has 0 aromatic carbocycles. The maximum atomic E-state index is 11.8. The Hall–Kier alpha value is -2.57. The maximum Gasteiger partial charge on any atom is 0.213 e. The molecule has 1 aromatic heterocycles. The predicted octanol–water partition coefficient (Wildman–Crippen LogP) is 5.36. The second-order valence-corrected chi connectivity index (χ2v) is 8.89. The SMILES string of the molecule is C=C/C(=C\c1c(CC)c(CNCCC(CC)(CN(C=O)/C(C)=C/C=C(C)C)OC)cn1C)OC. The van der Waals surface area contributed by atoms with E-state index in [1.54, 1.807) is 25.2 Å². The summed E-state index contributed by atoms with van der Waals surface area (Å²) in [7, 11) is 5.45. The number of hydrogen-bond donors (Lipinski definition) is 1. The molecule has 6 nitrogen and oxygen atoms in total. The van der Waals surface area contributed by atoms with Gasteiger partial charge in [-0.25, -0.2) is 0 Å². The van der Waals surface area contributed by atoms with Crippen molar-refractivity contribution in [2.75, 3.05) is 27.3 Å². The lowest BCUT2D eigenvalue weighted by Gasteiger charge is -2.35. The topological polar surface area (TPSA) is 55.7 Å². The van der Waals surface area contributed by atoms with Crippen molar-refractivity contribution >= 4 is 12.5 Å². The van der Waals surface area contributed by atoms with Gasteiger partial charge in [-0.05, 0) is 69.9 Å². The van der Waals surface area contributed by atoms with Crippen molar-refractivity contribution in [1.82, 2.24) is 14.8 Å². The van der Waals surface area contributed by atoms with E-state index in [1.807, 2.05) is 39.0 Å². The van der Waals surface area contributed by atoms with Crippen molar-refractivity contribution < 1.29 is 14.3 Å². The Kier molecular flexibility index (Phi) is 12.7. The highest BCUT2D eigenvalue weighted by Gasteiger charge is 2.30. The van der Waals surface area contributed by atoms with Gasteiger partial charge < -0.3 is 24.3 Å². The van der Waals surface area contributed by atoms with Gasteiger partial charge in [-0.1, -0.05) is 32.1 Å². The molecule has 0 radical (unpaired) electrons. The summed E-state index contributed by atoms with van der Waals surface area (Å²) in [6.45, 7) is 16.2. The van der Waals surface area contributed by atoms with Gasteiger partial charge in [-0.3, -0.25) is 4.79 Å². The fourth-order valence-electron chi connectivity index (χ4n) is 4.00. The van der Waals surface area contributed by atoms with Crippen LogP contribution < -0.4 is 5.32 Å². The van der Waals surface area contributed by atoms with Crippen LogP contribution in [0.2, 0.25) is 0 Å². The molecule has 1 rings (SSSR count). The van der Waals surface area contributed by atoms with Crippen LogP contribution in [-0.2, 0) is 34.3 Å². The summed E-state index contributed by atoms with van der Waals surface area (Å²) >= 11 is 0. The molecule has 1 atom stereocenters. The number of carbonyl (C=O) groups excluding carboxylic acids is 1. The van der Waals surface area contributed by atoms with E-state index in [4.69, 9.17) is 9.47 Å². The molecule has 0 saturated heterocycles. The van der Waals surface area contributed by atoms with Gasteiger partial charge >= 0.3 is 0 Å². The summed E-state index contributed by atoms with van der Waals surface area (Å²) in [6, 6.07) is 0. The lowest BCUT2D eigenvalue weighted by atomic mass is 9.95. The number of aromatic nitrogens is 1. The first-order valence-electron chi connectivity index (χ1n) is 12.1. The van der Waals surface area contributed by atoms with Crippen LogP contribution in [0.5, 0.6) is 0 Å². The molecule has 1 aromatic rings. The summed E-state index contributed by atoms with van der Waals surface area (Å²) in [6.07, 6.45) is 13.4. The van der Waals surface area contributed by atoms with Crippen LogP contribution in [0.1, 0.15) is 64.3 Å². The average Bonchev–Trinajstić information content (AvgIpc) is 3.14. The van der Waals surface area contributed by atoms with Crippen LogP contribution in [-0.4, -0.2) is 48.8 Å². The molecule has 0 saturated carbocycles. The van der Waals surface area contributed by atoms with Crippen LogP contribution in [0.15, 0.2) is 48.0 Å². The highest BCUT2D eigenvalue weighted by atomic mass is 16.5. The number of amides is 1. The summed E-state index contributed by atoms with van der Waals surface area (Å²) in [5, 5.41) is 3.59. The monoisotopic (exact) mass is 471 g/mol. The number of ether oxygens (including phenoxy) is 2. The first-order chi connectivity index (χ1) is 16.2. The number of aryl methyl sites for hydroxylation is 1. The van der Waals surface area contributed by atoms with Gasteiger partial charge in [0.25, 0.3) is 0 Å². The standard InChI is InChI=1S/C28H45N3O3/c1-10-25(33-8)17-27-26(11-2)24(19-30(27)7)18-29-16-15-28(12-3,34-9)20-31(21-32)23(6)14-13-22(4)5/h10,13-14,17,19,21,29H,1,11-12,15-16,18,20H2,2-9H3/b23-14+,25-17+. The Labute approximate surface area is 207 Å². The van der Waals surface area contributed by atoms with Crippen molar-refractivity contribution in [3.05, 3.63) is 64.9 Å². The third kappa shape index (κ3) is 8.33. The third-order valence-corrected chi connectivity index (χ3v) is 6.34. The second-order valence-electron chi connectivity index (χ2n) is 8.89. The molecule has 0 aliphatic rings. The Morgan fingerprint density at radius 2 is 1.94 bits per heavy atom. The van der Waals surface area contributed by atoms with E-state index in [-0.39, 0.29) is 0 Å². The zero-order chi connectivity index (χ0) is 25.7. The van der Waals surface area contributed by atoms with Gasteiger partial charge in [0, 0.05) is 44.4 Å². The Morgan fingerprint density at radius 1 is 1.24 bits per heavy atom. The number of nitrogens with one attached hydrogen (secondary N) is 1. The Morgan fingerprint density at radius 3 is 2.44 bits per heavy atom. The van der Waals surface area contributed by atoms with Gasteiger partial charge in [0.1, 0.15) is 5.76 Å². The fraction of sp³-hybridized carbons (Fsp3) is 0.536. The normalized spacial score (nSPS) is 13.9. The summed E-state index contributed by atoms with van der Waals surface area (Å²) in [5.74, 6) is 0.747. The van der Waals surface area contributed by atoms with E-state index in [9.17, 15) is 4.79 Å². The molecule has 0 bridgehead atoms. The minimum atomic E-state index is -0.413. The molecule has 190 valence electrons. The van der Waals surface area contributed by atoms with Crippen LogP contribution in [0, 0.1) is 0 Å². The van der Waals surface area contributed by atoms with Gasteiger partial charge in [0.2, 0.25) is 6.41 Å². The lowest BCUT2D eigenvalue weighted by Crippen LogP contribution is -2.45. The second kappa shape index (κ2) is 14.6. The molecule has 1 unspecified atom stereocenters. The van der Waals surface area contributed by atoms with Gasteiger partial charge in [-0.2, -0.15) is 0 Å². The number of allylic oxidation sites excluding steroid dienone is 5. The highest BCUT2D eigenvalue weighted by Crippen LogP contribution is 2.24. The Bertz CT molecular complexity index is 885. The van der Waals surface area contributed by atoms with Crippen molar-refractivity contribution in [3.8, 4) is 0 Å². The quantitative estimate of drug-likeness (QED) is 0.153. The maximum absolute atomic E-state index is 11.8. The molecule has 0 fully saturated rings. The van der Waals surface area contributed by atoms with Gasteiger partial charge in [-0.15, -0.1) is 0 Å². The van der Waals surface area contributed by atoms with Crippen LogP contribution >= 0.6 is 0 Å². The molecule has 1 N–H and O–H groups in total. The molecular weight excluding hydrogens is 426 g/mol. The average molecular weight is 472 g/mol. The number of nitrogens with zero attached hydrogens (tertiary/aromatic N) is 2. The van der Waals surface area contributed by atoms with Gasteiger partial charge in [0.15, 0.2) is 0 Å². The van der Waals surface area contributed by atoms with E-state index in [1.165, 1.54) is 16.7 Å². The molecule has 0 aliphatic carbocycles. The Balaban J connectivity index is 2.90. The van der Waals surface area contributed by atoms with Crippen molar-refractivity contribution in [2.24, 2.45) is 7.05 Å². The van der Waals surface area contributed by atoms with Crippen molar-refractivity contribution in [2.45, 2.75) is 66.0 Å². The van der Waals surface area contributed by atoms with Crippen LogP contribution in [0.3, 0.4) is 0 Å². The zero-order valence-electron chi connectivity index (χ0n) is 22.5. The minimum absolute atomic E-state index is 0.413. The zero-order valence-corrected chi connectivity index (χ0v) is 22.5. The number of rotatable bonds is 16. The molecule has 34 heavy (non-hydrogen) atoms. The summed E-state index contributed by atoms with van der Waals surface area (Å²) < 4.78 is 13.5. The molecule has 6 heteroatoms. The van der Waals surface area contributed by atoms with Crippen molar-refractivity contribution in [3.63, 3.8) is 0 Å². The molecule has 0 spiro atoms. The first-order valence-corrected chi connectivity index (χ1v) is 12.1. The summed E-state index contributed by atoms with van der Waals surface area (Å²) in [5.41, 5.74) is 5.39. The molecule has 1 heterocycles. The molecule has 1 amide bonds. The van der Waals surface area contributed by atoms with E-state index in [0.717, 1.165) is 55.9 Å². The highest BCUT2D eigenvalue weighted by molar-refractivity contribution is 5.57. The number of carbonyl (C=O) groups is 1. The van der Waals surface area contributed by atoms with Gasteiger partial charge in [0.05, 0.1) is 19.3 Å². The molecule has 0 aliphatic heterocycles. The number of hydrogen-bond acceptors (Lipinski definition) is 4. The van der Waals surface area contributed by atoms with E-state index >= 15 is 0 Å². The fourth-order valence-corrected chi connectivity index (χ4v) is 4.00. The van der Waals surface area contributed by atoms with Crippen LogP contribution in [0.25, 0.3) is 6.08 Å². The van der Waals surface area contributed by atoms with E-state index < -0.39 is 5.60 Å². The summed E-state index contributed by atoms with van der Waals surface area (Å²) in [4.78, 5) is 13.6. The predicted molar refractivity (Wildman–Crippen MR) is 142 cm³/mol. The third-order valence-electron chi connectivity index (χ3n) is 6.34. The molecular formula is C28H45N3O3. The largest absolute Gasteiger partial charge is 0.497 e. The smallest absolute Gasteiger partial charge is 0.213 e. The first kappa shape index (κ1) is 29.5. The van der Waals surface area contributed by atoms with E-state index in [2.05, 4.69) is 43.6 Å². The minimum Gasteiger partial charge on any atom is -0.497 e.